The summed E-state index contributed by atoms with van der Waals surface area (Å²) in [5, 5.41) is 3.77. The number of hydrogen-bond donors (Lipinski definition) is 1. The molecule has 0 saturated carbocycles. The van der Waals surface area contributed by atoms with Gasteiger partial charge in [0.05, 0.1) is 17.8 Å². The van der Waals surface area contributed by atoms with Crippen LogP contribution in [0.5, 0.6) is 0 Å². The molecule has 2 atom stereocenters. The lowest BCUT2D eigenvalue weighted by Gasteiger charge is -2.24. The minimum absolute atomic E-state index is 0.0464. The van der Waals surface area contributed by atoms with Crippen molar-refractivity contribution >= 4 is 23.3 Å². The second kappa shape index (κ2) is 7.14. The van der Waals surface area contributed by atoms with Gasteiger partial charge in [0.2, 0.25) is 0 Å². The third-order valence-electron chi connectivity index (χ3n) is 3.47. The second-order valence-electron chi connectivity index (χ2n) is 4.82. The third kappa shape index (κ3) is 3.76. The Hall–Kier alpha value is -2.00. The van der Waals surface area contributed by atoms with E-state index >= 15 is 0 Å². The molecule has 0 aromatic heterocycles. The maximum atomic E-state index is 12.1. The summed E-state index contributed by atoms with van der Waals surface area (Å²) in [6, 6.07) is 16.7. The van der Waals surface area contributed by atoms with Crippen LogP contribution in [0, 0.1) is 0 Å². The summed E-state index contributed by atoms with van der Waals surface area (Å²) in [6.45, 7) is 1.99. The van der Waals surface area contributed by atoms with E-state index in [4.69, 9.17) is 16.3 Å². The third-order valence-corrected chi connectivity index (χ3v) is 3.79. The van der Waals surface area contributed by atoms with Gasteiger partial charge < -0.3 is 10.1 Å². The van der Waals surface area contributed by atoms with Crippen molar-refractivity contribution < 1.29 is 9.53 Å². The number of nitrogens with one attached hydrogen (secondary N) is 1. The predicted octanol–water partition coefficient (Wildman–Crippen LogP) is 4.10. The minimum Gasteiger partial charge on any atom is -0.467 e. The summed E-state index contributed by atoms with van der Waals surface area (Å²) in [5.74, 6) is -0.360. The van der Waals surface area contributed by atoms with Crippen molar-refractivity contribution in [2.75, 3.05) is 12.4 Å². The van der Waals surface area contributed by atoms with Gasteiger partial charge in [-0.05, 0) is 17.7 Å². The summed E-state index contributed by atoms with van der Waals surface area (Å²) in [4.78, 5) is 12.1. The van der Waals surface area contributed by atoms with Crippen molar-refractivity contribution in [2.45, 2.75) is 18.9 Å². The molecule has 0 heterocycles. The Morgan fingerprint density at radius 1 is 1.10 bits per heavy atom. The molecular formula is C17H18ClNO2. The number of anilines is 1. The van der Waals surface area contributed by atoms with Crippen molar-refractivity contribution in [3.63, 3.8) is 0 Å². The molecule has 0 aliphatic rings. The highest BCUT2D eigenvalue weighted by atomic mass is 35.5. The lowest BCUT2D eigenvalue weighted by Crippen LogP contribution is -2.35. The smallest absolute Gasteiger partial charge is 0.328 e. The van der Waals surface area contributed by atoms with E-state index in [1.807, 2.05) is 55.5 Å². The van der Waals surface area contributed by atoms with Crippen LogP contribution in [0.3, 0.4) is 0 Å². The Morgan fingerprint density at radius 2 is 1.71 bits per heavy atom. The molecule has 4 heteroatoms. The van der Waals surface area contributed by atoms with Crippen LogP contribution in [0.15, 0.2) is 54.6 Å². The van der Waals surface area contributed by atoms with E-state index in [0.29, 0.717) is 5.02 Å². The number of benzene rings is 2. The SMILES string of the molecule is COC(=O)C(Nc1ccccc1Cl)C(C)c1ccccc1. The van der Waals surface area contributed by atoms with Crippen LogP contribution in [-0.4, -0.2) is 19.1 Å². The Morgan fingerprint density at radius 3 is 2.33 bits per heavy atom. The molecule has 0 bridgehead atoms. The largest absolute Gasteiger partial charge is 0.467 e. The fourth-order valence-corrected chi connectivity index (χ4v) is 2.40. The van der Waals surface area contributed by atoms with Crippen molar-refractivity contribution in [3.8, 4) is 0 Å². The molecule has 0 amide bonds. The molecule has 2 unspecified atom stereocenters. The first kappa shape index (κ1) is 15.4. The predicted molar refractivity (Wildman–Crippen MR) is 85.7 cm³/mol. The number of carbonyl (C=O) groups is 1. The number of ether oxygens (including phenoxy) is 1. The van der Waals surface area contributed by atoms with Gasteiger partial charge in [0, 0.05) is 5.92 Å². The molecule has 2 aromatic rings. The first-order valence-corrected chi connectivity index (χ1v) is 7.15. The number of para-hydroxylation sites is 1. The molecule has 0 radical (unpaired) electrons. The summed E-state index contributed by atoms with van der Waals surface area (Å²) >= 11 is 6.15. The van der Waals surface area contributed by atoms with Crippen molar-refractivity contribution in [1.82, 2.24) is 0 Å². The zero-order valence-corrected chi connectivity index (χ0v) is 12.8. The molecule has 0 aliphatic heterocycles. The van der Waals surface area contributed by atoms with E-state index in [1.54, 1.807) is 6.07 Å². The average Bonchev–Trinajstić information content (AvgIpc) is 2.53. The fraction of sp³-hybridized carbons (Fsp3) is 0.235. The van der Waals surface area contributed by atoms with Crippen molar-refractivity contribution in [2.24, 2.45) is 0 Å². The molecule has 0 saturated heterocycles. The number of esters is 1. The summed E-state index contributed by atoms with van der Waals surface area (Å²) in [6.07, 6.45) is 0. The standard InChI is InChI=1S/C17H18ClNO2/c1-12(13-8-4-3-5-9-13)16(17(20)21-2)19-15-11-7-6-10-14(15)18/h3-12,16,19H,1-2H3. The highest BCUT2D eigenvalue weighted by Gasteiger charge is 2.27. The summed E-state index contributed by atoms with van der Waals surface area (Å²) in [7, 11) is 1.39. The summed E-state index contributed by atoms with van der Waals surface area (Å²) < 4.78 is 4.92. The monoisotopic (exact) mass is 303 g/mol. The fourth-order valence-electron chi connectivity index (χ4n) is 2.21. The lowest BCUT2D eigenvalue weighted by molar-refractivity contribution is -0.142. The van der Waals surface area contributed by atoms with Crippen molar-refractivity contribution in [3.05, 3.63) is 65.2 Å². The topological polar surface area (TPSA) is 38.3 Å². The Balaban J connectivity index is 2.27. The normalized spacial score (nSPS) is 13.3. The molecule has 2 rings (SSSR count). The molecule has 110 valence electrons. The van der Waals surface area contributed by atoms with E-state index in [-0.39, 0.29) is 11.9 Å². The minimum atomic E-state index is -0.503. The number of methoxy groups -OCH3 is 1. The molecule has 0 aliphatic carbocycles. The van der Waals surface area contributed by atoms with Gasteiger partial charge >= 0.3 is 5.97 Å². The van der Waals surface area contributed by atoms with Gasteiger partial charge in [-0.1, -0.05) is 61.0 Å². The summed E-state index contributed by atoms with van der Waals surface area (Å²) in [5.41, 5.74) is 1.78. The molecule has 0 spiro atoms. The van der Waals surface area contributed by atoms with Crippen LogP contribution in [-0.2, 0) is 9.53 Å². The Kier molecular flexibility index (Phi) is 5.23. The molecule has 21 heavy (non-hydrogen) atoms. The van der Waals surface area contributed by atoms with E-state index in [2.05, 4.69) is 5.32 Å². The molecule has 1 N–H and O–H groups in total. The van der Waals surface area contributed by atoms with Gasteiger partial charge in [0.1, 0.15) is 6.04 Å². The van der Waals surface area contributed by atoms with Crippen LogP contribution in [0.4, 0.5) is 5.69 Å². The van der Waals surface area contributed by atoms with E-state index in [0.717, 1.165) is 11.3 Å². The van der Waals surface area contributed by atoms with Crippen molar-refractivity contribution in [1.29, 1.82) is 0 Å². The molecular weight excluding hydrogens is 286 g/mol. The molecule has 0 fully saturated rings. The number of carbonyl (C=O) groups excluding carboxylic acids is 1. The van der Waals surface area contributed by atoms with Crippen LogP contribution in [0.25, 0.3) is 0 Å². The maximum absolute atomic E-state index is 12.1. The van der Waals surface area contributed by atoms with Crippen LogP contribution in [0.2, 0.25) is 5.02 Å². The first-order chi connectivity index (χ1) is 10.1. The second-order valence-corrected chi connectivity index (χ2v) is 5.23. The van der Waals surface area contributed by atoms with Gasteiger partial charge in [0.15, 0.2) is 0 Å². The van der Waals surface area contributed by atoms with Crippen LogP contribution in [0.1, 0.15) is 18.4 Å². The van der Waals surface area contributed by atoms with E-state index in [1.165, 1.54) is 7.11 Å². The van der Waals surface area contributed by atoms with Crippen LogP contribution >= 0.6 is 11.6 Å². The Labute approximate surface area is 129 Å². The lowest BCUT2D eigenvalue weighted by atomic mass is 9.93. The average molecular weight is 304 g/mol. The number of rotatable bonds is 5. The number of hydrogen-bond acceptors (Lipinski definition) is 3. The maximum Gasteiger partial charge on any atom is 0.328 e. The van der Waals surface area contributed by atoms with E-state index < -0.39 is 6.04 Å². The first-order valence-electron chi connectivity index (χ1n) is 6.77. The molecule has 2 aromatic carbocycles. The highest BCUT2D eigenvalue weighted by Crippen LogP contribution is 2.27. The number of halogens is 1. The molecule has 3 nitrogen and oxygen atoms in total. The van der Waals surface area contributed by atoms with Gasteiger partial charge in [-0.2, -0.15) is 0 Å². The van der Waals surface area contributed by atoms with Crippen LogP contribution < -0.4 is 5.32 Å². The van der Waals surface area contributed by atoms with E-state index in [9.17, 15) is 4.79 Å². The quantitative estimate of drug-likeness (QED) is 0.845. The van der Waals surface area contributed by atoms with Gasteiger partial charge in [-0.25, -0.2) is 4.79 Å². The van der Waals surface area contributed by atoms with Gasteiger partial charge in [-0.3, -0.25) is 0 Å². The zero-order valence-electron chi connectivity index (χ0n) is 12.0. The zero-order chi connectivity index (χ0) is 15.2. The Bertz CT molecular complexity index is 601. The van der Waals surface area contributed by atoms with Gasteiger partial charge in [-0.15, -0.1) is 0 Å². The van der Waals surface area contributed by atoms with Gasteiger partial charge in [0.25, 0.3) is 0 Å². The highest BCUT2D eigenvalue weighted by molar-refractivity contribution is 6.33.